The summed E-state index contributed by atoms with van der Waals surface area (Å²) in [6, 6.07) is 12.9. The van der Waals surface area contributed by atoms with Gasteiger partial charge in [-0.25, -0.2) is 9.45 Å². The fraction of sp³-hybridized carbons (Fsp3) is 0.368. The Balaban J connectivity index is 1.66. The number of hydroxylamine groups is 1. The fourth-order valence-electron chi connectivity index (χ4n) is 3.30. The molecule has 0 aromatic heterocycles. The molecule has 2 aliphatic rings. The average molecular weight is 345 g/mol. The number of hydrogen-bond acceptors (Lipinski definition) is 4. The van der Waals surface area contributed by atoms with Gasteiger partial charge in [0.15, 0.2) is 0 Å². The van der Waals surface area contributed by atoms with Crippen molar-refractivity contribution in [2.45, 2.75) is 42.1 Å². The Labute approximate surface area is 145 Å². The number of fused-ring (bicyclic) bond motifs is 1. The highest BCUT2D eigenvalue weighted by Gasteiger charge is 2.35. The Morgan fingerprint density at radius 3 is 2.54 bits per heavy atom. The van der Waals surface area contributed by atoms with E-state index in [0.29, 0.717) is 0 Å². The first kappa shape index (κ1) is 15.8. The molecule has 4 rings (SSSR count). The lowest BCUT2D eigenvalue weighted by Crippen LogP contribution is -2.28. The quantitative estimate of drug-likeness (QED) is 0.747. The second kappa shape index (κ2) is 6.65. The van der Waals surface area contributed by atoms with Crippen LogP contribution in [0.25, 0.3) is 0 Å². The molecule has 2 aromatic rings. The predicted molar refractivity (Wildman–Crippen MR) is 93.8 cm³/mol. The van der Waals surface area contributed by atoms with E-state index >= 15 is 0 Å². The van der Waals surface area contributed by atoms with Crippen LogP contribution in [0, 0.1) is 5.82 Å². The number of halogens is 1. The van der Waals surface area contributed by atoms with E-state index in [-0.39, 0.29) is 17.3 Å². The van der Waals surface area contributed by atoms with Gasteiger partial charge in [0.1, 0.15) is 16.9 Å². The van der Waals surface area contributed by atoms with Crippen LogP contribution >= 0.6 is 11.8 Å². The molecule has 24 heavy (non-hydrogen) atoms. The molecule has 1 unspecified atom stereocenters. The minimum Gasteiger partial charge on any atom is -0.497 e. The molecule has 3 nitrogen and oxygen atoms in total. The number of hydrogen-bond donors (Lipinski definition) is 0. The average Bonchev–Trinajstić information content (AvgIpc) is 3.24. The van der Waals surface area contributed by atoms with Gasteiger partial charge in [-0.2, -0.15) is 0 Å². The van der Waals surface area contributed by atoms with E-state index in [9.17, 15) is 4.39 Å². The van der Waals surface area contributed by atoms with Gasteiger partial charge < -0.3 is 4.74 Å². The molecule has 1 heterocycles. The first-order chi connectivity index (χ1) is 11.7. The van der Waals surface area contributed by atoms with Crippen LogP contribution in [-0.4, -0.2) is 13.2 Å². The Kier molecular flexibility index (Phi) is 4.37. The van der Waals surface area contributed by atoms with E-state index in [4.69, 9.17) is 9.57 Å². The van der Waals surface area contributed by atoms with Gasteiger partial charge in [-0.05, 0) is 42.7 Å². The molecule has 0 amide bonds. The van der Waals surface area contributed by atoms with Crippen LogP contribution in [0.5, 0.6) is 5.75 Å². The van der Waals surface area contributed by atoms with E-state index < -0.39 is 0 Å². The van der Waals surface area contributed by atoms with Crippen LogP contribution in [0.2, 0.25) is 0 Å². The van der Waals surface area contributed by atoms with E-state index in [1.54, 1.807) is 24.9 Å². The topological polar surface area (TPSA) is 21.7 Å². The molecule has 0 spiro atoms. The van der Waals surface area contributed by atoms with Crippen LogP contribution < -0.4 is 9.80 Å². The van der Waals surface area contributed by atoms with Gasteiger partial charge in [-0.15, -0.1) is 0 Å². The zero-order valence-corrected chi connectivity index (χ0v) is 14.4. The summed E-state index contributed by atoms with van der Waals surface area (Å²) in [6.07, 6.45) is 4.77. The molecule has 1 aliphatic heterocycles. The number of anilines is 1. The minimum absolute atomic E-state index is 0.00620. The Morgan fingerprint density at radius 1 is 1.08 bits per heavy atom. The summed E-state index contributed by atoms with van der Waals surface area (Å²) in [5.41, 5.74) is 1.95. The lowest BCUT2D eigenvalue weighted by molar-refractivity contribution is 0.0333. The second-order valence-corrected chi connectivity index (χ2v) is 7.32. The lowest BCUT2D eigenvalue weighted by atomic mass is 10.2. The smallest absolute Gasteiger partial charge is 0.131 e. The first-order valence-corrected chi connectivity index (χ1v) is 9.19. The number of methoxy groups -OCH3 is 1. The van der Waals surface area contributed by atoms with Crippen molar-refractivity contribution < 1.29 is 14.0 Å². The predicted octanol–water partition coefficient (Wildman–Crippen LogP) is 5.32. The largest absolute Gasteiger partial charge is 0.497 e. The maximum absolute atomic E-state index is 13.8. The number of thioether (sulfide) groups is 1. The molecule has 0 bridgehead atoms. The molecule has 1 atom stereocenters. The van der Waals surface area contributed by atoms with Crippen molar-refractivity contribution in [3.05, 3.63) is 53.8 Å². The molecule has 0 N–H and O–H groups in total. The van der Waals surface area contributed by atoms with Gasteiger partial charge in [0.05, 0.1) is 18.9 Å². The van der Waals surface area contributed by atoms with E-state index in [0.717, 1.165) is 34.7 Å². The van der Waals surface area contributed by atoms with Gasteiger partial charge in [0.2, 0.25) is 0 Å². The molecule has 0 saturated heterocycles. The zero-order valence-electron chi connectivity index (χ0n) is 13.6. The van der Waals surface area contributed by atoms with Gasteiger partial charge in [0, 0.05) is 11.0 Å². The minimum atomic E-state index is -0.232. The van der Waals surface area contributed by atoms with Crippen molar-refractivity contribution >= 4 is 17.4 Å². The SMILES string of the molecule is COc1ccc(C2Sc3ccc(F)cc3N2OC2CCCC2)cc1. The molecule has 126 valence electrons. The molecule has 1 saturated carbocycles. The maximum Gasteiger partial charge on any atom is 0.131 e. The molecule has 2 aromatic carbocycles. The number of nitrogens with zero attached hydrogens (tertiary/aromatic N) is 1. The van der Waals surface area contributed by atoms with Crippen LogP contribution in [0.4, 0.5) is 10.1 Å². The summed E-state index contributed by atoms with van der Waals surface area (Å²) in [4.78, 5) is 7.34. The van der Waals surface area contributed by atoms with Crippen LogP contribution in [0.15, 0.2) is 47.4 Å². The summed E-state index contributed by atoms with van der Waals surface area (Å²) in [5.74, 6) is 0.596. The molecule has 0 radical (unpaired) electrons. The Morgan fingerprint density at radius 2 is 1.83 bits per heavy atom. The highest BCUT2D eigenvalue weighted by atomic mass is 32.2. The highest BCUT2D eigenvalue weighted by molar-refractivity contribution is 8.00. The number of benzene rings is 2. The van der Waals surface area contributed by atoms with Crippen molar-refractivity contribution in [2.75, 3.05) is 12.2 Å². The Hall–Kier alpha value is -1.72. The van der Waals surface area contributed by atoms with Crippen molar-refractivity contribution in [3.8, 4) is 5.75 Å². The summed E-state index contributed by atoms with van der Waals surface area (Å²) in [7, 11) is 1.66. The van der Waals surface area contributed by atoms with Crippen molar-refractivity contribution in [2.24, 2.45) is 0 Å². The zero-order chi connectivity index (χ0) is 16.5. The fourth-order valence-corrected chi connectivity index (χ4v) is 4.50. The molecule has 1 fully saturated rings. The van der Waals surface area contributed by atoms with Gasteiger partial charge in [-0.1, -0.05) is 36.7 Å². The standard InChI is InChI=1S/C19H20FNO2S/c1-22-15-9-6-13(7-10-15)19-21(23-16-4-2-3-5-16)17-12-14(20)8-11-18(17)24-19/h6-12,16,19H,2-5H2,1H3. The molecule has 1 aliphatic carbocycles. The Bertz CT molecular complexity index is 716. The van der Waals surface area contributed by atoms with Crippen molar-refractivity contribution in [1.82, 2.24) is 0 Å². The highest BCUT2D eigenvalue weighted by Crippen LogP contribution is 2.52. The van der Waals surface area contributed by atoms with Crippen LogP contribution in [0.3, 0.4) is 0 Å². The molecule has 5 heteroatoms. The van der Waals surface area contributed by atoms with Gasteiger partial charge in [0.25, 0.3) is 0 Å². The van der Waals surface area contributed by atoms with Crippen LogP contribution in [0.1, 0.15) is 36.6 Å². The summed E-state index contributed by atoms with van der Waals surface area (Å²) < 4.78 is 19.0. The maximum atomic E-state index is 13.8. The van der Waals surface area contributed by atoms with E-state index in [1.165, 1.54) is 18.9 Å². The lowest BCUT2D eigenvalue weighted by Gasteiger charge is -2.29. The molecular weight excluding hydrogens is 325 g/mol. The molecular formula is C19H20FNO2S. The van der Waals surface area contributed by atoms with E-state index in [2.05, 4.69) is 0 Å². The summed E-state index contributed by atoms with van der Waals surface area (Å²) >= 11 is 1.70. The normalized spacial score (nSPS) is 20.4. The first-order valence-electron chi connectivity index (χ1n) is 8.31. The second-order valence-electron chi connectivity index (χ2n) is 6.19. The third kappa shape index (κ3) is 2.98. The summed E-state index contributed by atoms with van der Waals surface area (Å²) in [6.45, 7) is 0. The third-order valence-electron chi connectivity index (χ3n) is 4.58. The number of ether oxygens (including phenoxy) is 1. The third-order valence-corrected chi connectivity index (χ3v) is 5.86. The summed E-state index contributed by atoms with van der Waals surface area (Å²) in [5, 5.41) is 1.90. The van der Waals surface area contributed by atoms with Crippen molar-refractivity contribution in [1.29, 1.82) is 0 Å². The van der Waals surface area contributed by atoms with Crippen molar-refractivity contribution in [3.63, 3.8) is 0 Å². The number of rotatable bonds is 4. The monoisotopic (exact) mass is 345 g/mol. The van der Waals surface area contributed by atoms with Crippen LogP contribution in [-0.2, 0) is 4.84 Å². The van der Waals surface area contributed by atoms with Gasteiger partial charge >= 0.3 is 0 Å². The van der Waals surface area contributed by atoms with E-state index in [1.807, 2.05) is 35.4 Å². The van der Waals surface area contributed by atoms with Gasteiger partial charge in [-0.3, -0.25) is 4.84 Å².